The van der Waals surface area contributed by atoms with E-state index in [1.807, 2.05) is 20.8 Å². The van der Waals surface area contributed by atoms with E-state index in [0.29, 0.717) is 12.2 Å². The Kier molecular flexibility index (Phi) is 3.80. The Hall–Kier alpha value is -1.23. The minimum absolute atomic E-state index is 0.122. The van der Waals surface area contributed by atoms with Crippen molar-refractivity contribution in [2.45, 2.75) is 52.1 Å². The maximum absolute atomic E-state index is 12.7. The van der Waals surface area contributed by atoms with Gasteiger partial charge in [0.15, 0.2) is 0 Å². The van der Waals surface area contributed by atoms with Crippen molar-refractivity contribution in [2.24, 2.45) is 0 Å². The summed E-state index contributed by atoms with van der Waals surface area (Å²) in [5.74, 6) is 0.122. The highest BCUT2D eigenvalue weighted by Crippen LogP contribution is 2.24. The standard InChI is InChI=1S/C13H22N4O/c1-4-17-11(10-14-15-17)12(18)13(2,3)16-8-6-5-7-9-16/h10H,4-9H2,1-3H3. The zero-order valence-corrected chi connectivity index (χ0v) is 11.5. The second-order valence-corrected chi connectivity index (χ2v) is 5.37. The number of hydrogen-bond acceptors (Lipinski definition) is 4. The van der Waals surface area contributed by atoms with Crippen molar-refractivity contribution < 1.29 is 4.79 Å². The Morgan fingerprint density at radius 2 is 2.00 bits per heavy atom. The quantitative estimate of drug-likeness (QED) is 0.764. The molecule has 1 aromatic heterocycles. The third-order valence-electron chi connectivity index (χ3n) is 3.85. The average molecular weight is 250 g/mol. The van der Waals surface area contributed by atoms with E-state index in [1.54, 1.807) is 10.9 Å². The number of rotatable bonds is 4. The summed E-state index contributed by atoms with van der Waals surface area (Å²) in [7, 11) is 0. The van der Waals surface area contributed by atoms with Crippen LogP contribution in [0.5, 0.6) is 0 Å². The smallest absolute Gasteiger partial charge is 0.202 e. The minimum atomic E-state index is -0.463. The van der Waals surface area contributed by atoms with Gasteiger partial charge in [-0.05, 0) is 46.7 Å². The van der Waals surface area contributed by atoms with Crippen LogP contribution in [0.15, 0.2) is 6.20 Å². The van der Waals surface area contributed by atoms with Crippen LogP contribution in [-0.2, 0) is 6.54 Å². The molecule has 0 bridgehead atoms. The second kappa shape index (κ2) is 5.18. The number of carbonyl (C=O) groups is 1. The molecule has 2 rings (SSSR count). The molecule has 5 nitrogen and oxygen atoms in total. The molecule has 1 fully saturated rings. The topological polar surface area (TPSA) is 51.0 Å². The Balaban J connectivity index is 2.20. The molecule has 0 unspecified atom stereocenters. The summed E-state index contributed by atoms with van der Waals surface area (Å²) in [4.78, 5) is 14.9. The van der Waals surface area contributed by atoms with Gasteiger partial charge in [0, 0.05) is 6.54 Å². The van der Waals surface area contributed by atoms with E-state index in [4.69, 9.17) is 0 Å². The second-order valence-electron chi connectivity index (χ2n) is 5.37. The van der Waals surface area contributed by atoms with Crippen molar-refractivity contribution in [3.63, 3.8) is 0 Å². The Bertz CT molecular complexity index is 418. The fraction of sp³-hybridized carbons (Fsp3) is 0.769. The van der Waals surface area contributed by atoms with Crippen LogP contribution in [0.2, 0.25) is 0 Å². The van der Waals surface area contributed by atoms with Crippen LogP contribution in [0.3, 0.4) is 0 Å². The molecular weight excluding hydrogens is 228 g/mol. The highest BCUT2D eigenvalue weighted by atomic mass is 16.1. The van der Waals surface area contributed by atoms with Crippen LogP contribution in [0.4, 0.5) is 0 Å². The number of Topliss-reactive ketones (excluding diaryl/α,β-unsaturated/α-hetero) is 1. The van der Waals surface area contributed by atoms with Gasteiger partial charge in [-0.1, -0.05) is 11.6 Å². The molecule has 1 saturated heterocycles. The van der Waals surface area contributed by atoms with Gasteiger partial charge in [-0.3, -0.25) is 9.69 Å². The highest BCUT2D eigenvalue weighted by molar-refractivity contribution is 6.01. The van der Waals surface area contributed by atoms with Gasteiger partial charge in [0.1, 0.15) is 5.69 Å². The number of piperidine rings is 1. The molecule has 0 spiro atoms. The molecule has 1 aliphatic heterocycles. The van der Waals surface area contributed by atoms with Gasteiger partial charge in [0.05, 0.1) is 11.7 Å². The number of aryl methyl sites for hydroxylation is 1. The van der Waals surface area contributed by atoms with Crippen molar-refractivity contribution >= 4 is 5.78 Å². The number of likely N-dealkylation sites (tertiary alicyclic amines) is 1. The molecule has 1 aliphatic rings. The summed E-state index contributed by atoms with van der Waals surface area (Å²) in [6, 6.07) is 0. The van der Waals surface area contributed by atoms with Gasteiger partial charge in [0.25, 0.3) is 0 Å². The van der Waals surface area contributed by atoms with Crippen LogP contribution < -0.4 is 0 Å². The van der Waals surface area contributed by atoms with Crippen LogP contribution in [0.25, 0.3) is 0 Å². The molecular formula is C13H22N4O. The maximum atomic E-state index is 12.7. The predicted octanol–water partition coefficient (Wildman–Crippen LogP) is 1.75. The monoisotopic (exact) mass is 250 g/mol. The predicted molar refractivity (Wildman–Crippen MR) is 69.5 cm³/mol. The highest BCUT2D eigenvalue weighted by Gasteiger charge is 2.37. The van der Waals surface area contributed by atoms with Crippen molar-refractivity contribution in [1.29, 1.82) is 0 Å². The minimum Gasteiger partial charge on any atom is -0.291 e. The van der Waals surface area contributed by atoms with E-state index >= 15 is 0 Å². The van der Waals surface area contributed by atoms with E-state index in [-0.39, 0.29) is 5.78 Å². The number of carbonyl (C=O) groups excluding carboxylic acids is 1. The molecule has 18 heavy (non-hydrogen) atoms. The van der Waals surface area contributed by atoms with Crippen molar-refractivity contribution in [2.75, 3.05) is 13.1 Å². The van der Waals surface area contributed by atoms with Crippen LogP contribution >= 0.6 is 0 Å². The average Bonchev–Trinajstić information content (AvgIpc) is 2.87. The molecule has 5 heteroatoms. The Morgan fingerprint density at radius 3 is 2.61 bits per heavy atom. The molecule has 0 saturated carbocycles. The van der Waals surface area contributed by atoms with Crippen molar-refractivity contribution in [3.8, 4) is 0 Å². The maximum Gasteiger partial charge on any atom is 0.202 e. The summed E-state index contributed by atoms with van der Waals surface area (Å²) in [6.07, 6.45) is 5.22. The van der Waals surface area contributed by atoms with Gasteiger partial charge in [0.2, 0.25) is 5.78 Å². The third kappa shape index (κ3) is 2.32. The lowest BCUT2D eigenvalue weighted by Gasteiger charge is -2.39. The van der Waals surface area contributed by atoms with Crippen molar-refractivity contribution in [1.82, 2.24) is 19.9 Å². The molecule has 0 N–H and O–H groups in total. The lowest BCUT2D eigenvalue weighted by molar-refractivity contribution is 0.0568. The zero-order chi connectivity index (χ0) is 13.2. The number of ketones is 1. The van der Waals surface area contributed by atoms with Gasteiger partial charge in [-0.2, -0.15) is 0 Å². The largest absolute Gasteiger partial charge is 0.291 e. The zero-order valence-electron chi connectivity index (χ0n) is 11.5. The van der Waals surface area contributed by atoms with Crippen LogP contribution in [0, 0.1) is 0 Å². The summed E-state index contributed by atoms with van der Waals surface area (Å²) >= 11 is 0. The molecule has 2 heterocycles. The Morgan fingerprint density at radius 1 is 1.33 bits per heavy atom. The summed E-state index contributed by atoms with van der Waals surface area (Å²) < 4.78 is 1.67. The number of nitrogens with zero attached hydrogens (tertiary/aromatic N) is 4. The van der Waals surface area contributed by atoms with E-state index in [1.165, 1.54) is 19.3 Å². The van der Waals surface area contributed by atoms with E-state index < -0.39 is 5.54 Å². The van der Waals surface area contributed by atoms with E-state index in [9.17, 15) is 4.79 Å². The molecule has 0 atom stereocenters. The lowest BCUT2D eigenvalue weighted by Crippen LogP contribution is -2.52. The van der Waals surface area contributed by atoms with Crippen LogP contribution in [-0.4, -0.2) is 44.3 Å². The first kappa shape index (κ1) is 13.2. The fourth-order valence-corrected chi connectivity index (χ4v) is 2.58. The van der Waals surface area contributed by atoms with Gasteiger partial charge < -0.3 is 0 Å². The molecule has 1 aromatic rings. The van der Waals surface area contributed by atoms with E-state index in [2.05, 4.69) is 15.2 Å². The fourth-order valence-electron chi connectivity index (χ4n) is 2.58. The van der Waals surface area contributed by atoms with Crippen molar-refractivity contribution in [3.05, 3.63) is 11.9 Å². The van der Waals surface area contributed by atoms with Crippen LogP contribution in [0.1, 0.15) is 50.5 Å². The first-order chi connectivity index (χ1) is 8.57. The Labute approximate surface area is 108 Å². The van der Waals surface area contributed by atoms with Gasteiger partial charge in [-0.25, -0.2) is 4.68 Å². The number of hydrogen-bond donors (Lipinski definition) is 0. The first-order valence-electron chi connectivity index (χ1n) is 6.75. The molecule has 0 radical (unpaired) electrons. The lowest BCUT2D eigenvalue weighted by atomic mass is 9.92. The molecule has 0 aromatic carbocycles. The normalized spacial score (nSPS) is 17.9. The third-order valence-corrected chi connectivity index (χ3v) is 3.85. The SMILES string of the molecule is CCn1nncc1C(=O)C(C)(C)N1CCCCC1. The molecule has 0 amide bonds. The summed E-state index contributed by atoms with van der Waals surface area (Å²) in [5.41, 5.74) is 0.155. The molecule has 100 valence electrons. The van der Waals surface area contributed by atoms with Gasteiger partial charge >= 0.3 is 0 Å². The summed E-state index contributed by atoms with van der Waals surface area (Å²) in [6.45, 7) is 8.68. The summed E-state index contributed by atoms with van der Waals surface area (Å²) in [5, 5.41) is 7.79. The van der Waals surface area contributed by atoms with Gasteiger partial charge in [-0.15, -0.1) is 5.10 Å². The number of aromatic nitrogens is 3. The first-order valence-corrected chi connectivity index (χ1v) is 6.75. The van der Waals surface area contributed by atoms with E-state index in [0.717, 1.165) is 13.1 Å². The molecule has 0 aliphatic carbocycles.